The van der Waals surface area contributed by atoms with E-state index in [9.17, 15) is 38.9 Å². The Balaban J connectivity index is 0.00000271. The fourth-order valence-electron chi connectivity index (χ4n) is 5.50. The van der Waals surface area contributed by atoms with E-state index in [0.717, 1.165) is 34.9 Å². The van der Waals surface area contributed by atoms with E-state index in [0.29, 0.717) is 39.1 Å². The second kappa shape index (κ2) is 17.9. The zero-order chi connectivity index (χ0) is 37.7. The van der Waals surface area contributed by atoms with Crippen molar-refractivity contribution < 1.29 is 128 Å². The van der Waals surface area contributed by atoms with E-state index in [1.807, 2.05) is 25.1 Å². The number of anilines is 2. The first kappa shape index (κ1) is 46.8. The fourth-order valence-corrected chi connectivity index (χ4v) is 7.15. The molecule has 4 N–H and O–H groups in total. The van der Waals surface area contributed by atoms with Crippen LogP contribution in [-0.4, -0.2) is 38.9 Å². The van der Waals surface area contributed by atoms with Crippen molar-refractivity contribution in [3.8, 4) is 11.1 Å². The number of hydrogen-bond donors (Lipinski definition) is 2. The number of fused-ring (bicyclic) bond motifs is 2. The summed E-state index contributed by atoms with van der Waals surface area (Å²) in [7, 11) is -14.6. The molecule has 0 aliphatic rings. The molecule has 21 heteroatoms. The van der Waals surface area contributed by atoms with E-state index in [1.165, 1.54) is 24.3 Å². The molecule has 0 unspecified atom stereocenters. The van der Waals surface area contributed by atoms with Crippen LogP contribution < -0.4 is 100 Å². The topological polar surface area (TPSA) is 273 Å². The quantitative estimate of drug-likeness (QED) is 0.0733. The van der Waals surface area contributed by atoms with Crippen molar-refractivity contribution in [3.05, 3.63) is 102 Å². The van der Waals surface area contributed by atoms with Gasteiger partial charge in [0.15, 0.2) is 0 Å². The van der Waals surface area contributed by atoms with Gasteiger partial charge >= 0.3 is 88.7 Å². The van der Waals surface area contributed by atoms with Crippen LogP contribution in [0, 0.1) is 13.8 Å². The van der Waals surface area contributed by atoms with Gasteiger partial charge in [-0.2, -0.15) is 10.2 Å². The zero-order valence-electron chi connectivity index (χ0n) is 30.0. The van der Waals surface area contributed by atoms with Gasteiger partial charge < -0.3 is 25.1 Å². The van der Waals surface area contributed by atoms with Crippen LogP contribution >= 0.6 is 0 Å². The zero-order valence-corrected chi connectivity index (χ0v) is 38.5. The van der Waals surface area contributed by atoms with Gasteiger partial charge in [0.1, 0.15) is 41.7 Å². The van der Waals surface area contributed by atoms with E-state index in [2.05, 4.69) is 20.5 Å². The summed E-state index contributed by atoms with van der Waals surface area (Å²) in [6.45, 7) is 3.61. The van der Waals surface area contributed by atoms with Gasteiger partial charge in [0, 0.05) is 10.8 Å². The van der Waals surface area contributed by atoms with E-state index in [1.54, 1.807) is 37.3 Å². The SMILES string of the molecule is Cc1cc(-c2ccc(N=Nc3c(N)c(S(=O)(=O)[O-])cc4cc(S(=O)(=O)[O-])ccc34)c(C)c2)ccc1N=Nc1c(N)ccc2cc(S(=O)(=O)[O-])ccc12.[Na+].[Na+].[Na+]. The molecule has 0 saturated heterocycles. The fraction of sp³-hybridized carbons (Fsp3) is 0.0588. The van der Waals surface area contributed by atoms with Crippen LogP contribution in [0.3, 0.4) is 0 Å². The van der Waals surface area contributed by atoms with Gasteiger partial charge in [-0.15, -0.1) is 10.2 Å². The number of aryl methyl sites for hydroxylation is 2. The second-order valence-corrected chi connectivity index (χ2v) is 15.8. The maximum Gasteiger partial charge on any atom is 1.00 e. The molecular formula is C34H25N6Na3O9S3. The molecule has 0 fully saturated rings. The predicted octanol–water partition coefficient (Wildman–Crippen LogP) is -2.00. The van der Waals surface area contributed by atoms with Gasteiger partial charge in [0.2, 0.25) is 0 Å². The van der Waals surface area contributed by atoms with Crippen LogP contribution in [0.15, 0.2) is 126 Å². The molecule has 0 atom stereocenters. The largest absolute Gasteiger partial charge is 1.00 e. The summed E-state index contributed by atoms with van der Waals surface area (Å²) in [5.74, 6) is 0. The van der Waals surface area contributed by atoms with Crippen molar-refractivity contribution in [1.29, 1.82) is 0 Å². The van der Waals surface area contributed by atoms with Crippen LogP contribution in [0.25, 0.3) is 32.7 Å². The third-order valence-electron chi connectivity index (χ3n) is 8.17. The van der Waals surface area contributed by atoms with Crippen LogP contribution in [0.5, 0.6) is 0 Å². The minimum atomic E-state index is -5.11. The van der Waals surface area contributed by atoms with E-state index < -0.39 is 45.8 Å². The van der Waals surface area contributed by atoms with Crippen molar-refractivity contribution in [2.45, 2.75) is 28.5 Å². The third-order valence-corrected chi connectivity index (χ3v) is 10.7. The molecule has 0 aliphatic carbocycles. The van der Waals surface area contributed by atoms with Crippen LogP contribution in [-0.2, 0) is 30.4 Å². The van der Waals surface area contributed by atoms with Gasteiger partial charge in [-0.3, -0.25) is 0 Å². The van der Waals surface area contributed by atoms with Crippen molar-refractivity contribution in [1.82, 2.24) is 0 Å². The molecule has 6 aromatic rings. The van der Waals surface area contributed by atoms with Crippen molar-refractivity contribution >= 4 is 86.0 Å². The van der Waals surface area contributed by atoms with Crippen molar-refractivity contribution in [2.75, 3.05) is 11.5 Å². The minimum absolute atomic E-state index is 0. The Morgan fingerprint density at radius 1 is 0.491 bits per heavy atom. The van der Waals surface area contributed by atoms with Gasteiger partial charge in [-0.1, -0.05) is 30.3 Å². The molecule has 0 aromatic heterocycles. The van der Waals surface area contributed by atoms with Gasteiger partial charge in [0.25, 0.3) is 0 Å². The van der Waals surface area contributed by atoms with Gasteiger partial charge in [-0.05, 0) is 108 Å². The van der Waals surface area contributed by atoms with Gasteiger partial charge in [-0.25, -0.2) is 25.3 Å². The molecule has 266 valence electrons. The number of nitrogen functional groups attached to an aromatic ring is 2. The maximum absolute atomic E-state index is 11.9. The van der Waals surface area contributed by atoms with E-state index in [4.69, 9.17) is 11.5 Å². The number of azo groups is 2. The molecule has 0 radical (unpaired) electrons. The molecule has 6 rings (SSSR count). The van der Waals surface area contributed by atoms with Crippen LogP contribution in [0.1, 0.15) is 11.1 Å². The number of rotatable bonds is 8. The summed E-state index contributed by atoms with van der Waals surface area (Å²) in [5.41, 5.74) is 16.1. The molecular weight excluding hydrogens is 802 g/mol. The summed E-state index contributed by atoms with van der Waals surface area (Å²) in [5, 5.41) is 18.2. The summed E-state index contributed by atoms with van der Waals surface area (Å²) in [6, 6.07) is 21.8. The number of benzene rings is 6. The predicted molar refractivity (Wildman–Crippen MR) is 190 cm³/mol. The molecule has 15 nitrogen and oxygen atoms in total. The first-order chi connectivity index (χ1) is 24.3. The molecule has 55 heavy (non-hydrogen) atoms. The average Bonchev–Trinajstić information content (AvgIpc) is 3.06. The van der Waals surface area contributed by atoms with E-state index >= 15 is 0 Å². The first-order valence-corrected chi connectivity index (χ1v) is 19.1. The first-order valence-electron chi connectivity index (χ1n) is 14.9. The monoisotopic (exact) mass is 826 g/mol. The molecule has 0 saturated carbocycles. The standard InChI is InChI=1S/C34H28N6O9S3.3Na/c1-18-13-20(4-11-29(18)37-39-33-26-8-6-24(50(41,42)43)15-22(26)3-10-28(33)35)21-5-12-30(19(2)14-21)38-40-34-27-9-7-25(51(44,45)46)16-23(27)17-31(32(34)36)52(47,48)49;;;/h3-17H,35-36H2,1-2H3,(H,41,42,43)(H,44,45,46)(H,47,48,49);;;/q;3*+1/p-3. The van der Waals surface area contributed by atoms with Crippen LogP contribution in [0.2, 0.25) is 0 Å². The Morgan fingerprint density at radius 2 is 0.945 bits per heavy atom. The maximum atomic E-state index is 11.9. The summed E-state index contributed by atoms with van der Waals surface area (Å²) < 4.78 is 105. The molecule has 0 bridgehead atoms. The van der Waals surface area contributed by atoms with E-state index in [-0.39, 0.29) is 110 Å². The Morgan fingerprint density at radius 3 is 1.40 bits per heavy atom. The molecule has 0 spiro atoms. The molecule has 0 heterocycles. The Hall–Kier alpha value is -2.63. The van der Waals surface area contributed by atoms with Crippen molar-refractivity contribution in [3.63, 3.8) is 0 Å². The second-order valence-electron chi connectivity index (χ2n) is 11.7. The Bertz CT molecular complexity index is 2890. The number of nitrogens with zero attached hydrogens (tertiary/aromatic N) is 4. The summed E-state index contributed by atoms with van der Waals surface area (Å²) >= 11 is 0. The van der Waals surface area contributed by atoms with Crippen molar-refractivity contribution in [2.24, 2.45) is 20.5 Å². The molecule has 0 amide bonds. The number of nitrogens with two attached hydrogens (primary N) is 2. The normalized spacial score (nSPS) is 12.1. The number of hydrogen-bond acceptors (Lipinski definition) is 15. The van der Waals surface area contributed by atoms with Crippen LogP contribution in [0.4, 0.5) is 34.1 Å². The summed E-state index contributed by atoms with van der Waals surface area (Å²) in [4.78, 5) is -1.84. The minimum Gasteiger partial charge on any atom is -0.744 e. The molecule has 0 aliphatic heterocycles. The summed E-state index contributed by atoms with van der Waals surface area (Å²) in [6.07, 6.45) is 0. The third kappa shape index (κ3) is 10.3. The average molecular weight is 827 g/mol. The molecule has 6 aromatic carbocycles. The Labute approximate surface area is 382 Å². The van der Waals surface area contributed by atoms with Gasteiger partial charge in [0.05, 0.1) is 37.4 Å². The Kier molecular flexibility index (Phi) is 15.2. The smallest absolute Gasteiger partial charge is 0.744 e.